The number of aromatic carboxylic acids is 1. The molecule has 17 heavy (non-hydrogen) atoms. The lowest BCUT2D eigenvalue weighted by Gasteiger charge is -2.00. The molecule has 0 fully saturated rings. The highest BCUT2D eigenvalue weighted by molar-refractivity contribution is 6.32. The first-order valence-corrected chi connectivity index (χ1v) is 4.81. The Hall–Kier alpha value is -2.32. The van der Waals surface area contributed by atoms with Crippen LogP contribution in [0.1, 0.15) is 16.1 Å². The van der Waals surface area contributed by atoms with Crippen LogP contribution in [-0.4, -0.2) is 11.1 Å². The average Bonchev–Trinajstić information content (AvgIpc) is 2.27. The maximum Gasteiger partial charge on any atom is 0.371 e. The van der Waals surface area contributed by atoms with Crippen molar-refractivity contribution in [3.8, 4) is 6.07 Å². The molecule has 0 bridgehead atoms. The standard InChI is InChI=1S/C11H4ClNO4/c12-7-2-9-6(1-5(7)4-13)8(14)3-10(17-9)11(15)16/h1-3H,(H,15,16). The van der Waals surface area contributed by atoms with Gasteiger partial charge in [0.1, 0.15) is 11.7 Å². The maximum atomic E-state index is 11.6. The molecule has 5 nitrogen and oxygen atoms in total. The van der Waals surface area contributed by atoms with Crippen LogP contribution in [0.25, 0.3) is 11.0 Å². The van der Waals surface area contributed by atoms with Gasteiger partial charge in [-0.1, -0.05) is 11.6 Å². The van der Waals surface area contributed by atoms with Gasteiger partial charge in [0.05, 0.1) is 16.0 Å². The third-order valence-electron chi connectivity index (χ3n) is 2.15. The van der Waals surface area contributed by atoms with Gasteiger partial charge in [0.15, 0.2) is 5.43 Å². The molecule has 2 rings (SSSR count). The molecule has 0 spiro atoms. The summed E-state index contributed by atoms with van der Waals surface area (Å²) in [5.74, 6) is -1.81. The molecule has 1 aromatic carbocycles. The Morgan fingerprint density at radius 1 is 1.41 bits per heavy atom. The third-order valence-corrected chi connectivity index (χ3v) is 2.46. The lowest BCUT2D eigenvalue weighted by atomic mass is 10.1. The summed E-state index contributed by atoms with van der Waals surface area (Å²) in [4.78, 5) is 22.3. The Morgan fingerprint density at radius 3 is 2.71 bits per heavy atom. The number of carboxylic acid groups (broad SMARTS) is 1. The first kappa shape index (κ1) is 11.2. The maximum absolute atomic E-state index is 11.6. The number of carbonyl (C=O) groups is 1. The zero-order valence-corrected chi connectivity index (χ0v) is 8.99. The zero-order valence-electron chi connectivity index (χ0n) is 8.23. The van der Waals surface area contributed by atoms with Crippen molar-refractivity contribution in [2.45, 2.75) is 0 Å². The van der Waals surface area contributed by atoms with Crippen molar-refractivity contribution in [2.24, 2.45) is 0 Å². The highest BCUT2D eigenvalue weighted by Crippen LogP contribution is 2.22. The van der Waals surface area contributed by atoms with E-state index < -0.39 is 17.2 Å². The monoisotopic (exact) mass is 249 g/mol. The predicted molar refractivity (Wildman–Crippen MR) is 59.2 cm³/mol. The number of carboxylic acids is 1. The van der Waals surface area contributed by atoms with Crippen molar-refractivity contribution in [3.05, 3.63) is 44.8 Å². The molecule has 0 aliphatic rings. The number of nitriles is 1. The summed E-state index contributed by atoms with van der Waals surface area (Å²) in [6, 6.07) is 5.21. The molecule has 1 N–H and O–H groups in total. The number of hydrogen-bond acceptors (Lipinski definition) is 4. The highest BCUT2D eigenvalue weighted by Gasteiger charge is 2.12. The molecular formula is C11H4ClNO4. The van der Waals surface area contributed by atoms with E-state index in [1.165, 1.54) is 12.1 Å². The topological polar surface area (TPSA) is 91.3 Å². The largest absolute Gasteiger partial charge is 0.475 e. The predicted octanol–water partition coefficient (Wildman–Crippen LogP) is 2.02. The van der Waals surface area contributed by atoms with Crippen LogP contribution in [-0.2, 0) is 0 Å². The van der Waals surface area contributed by atoms with Gasteiger partial charge in [-0.3, -0.25) is 4.79 Å². The molecule has 6 heteroatoms. The molecular weight excluding hydrogens is 246 g/mol. The van der Waals surface area contributed by atoms with E-state index in [2.05, 4.69) is 0 Å². The van der Waals surface area contributed by atoms with E-state index in [1.807, 2.05) is 6.07 Å². The Kier molecular flexibility index (Phi) is 2.58. The molecule has 1 heterocycles. The number of nitrogens with zero attached hydrogens (tertiary/aromatic N) is 1. The van der Waals surface area contributed by atoms with Gasteiger partial charge in [-0.05, 0) is 6.07 Å². The van der Waals surface area contributed by atoms with Gasteiger partial charge >= 0.3 is 5.97 Å². The Bertz CT molecular complexity index is 727. The van der Waals surface area contributed by atoms with Crippen LogP contribution in [0, 0.1) is 11.3 Å². The van der Waals surface area contributed by atoms with E-state index in [9.17, 15) is 9.59 Å². The minimum atomic E-state index is -1.34. The van der Waals surface area contributed by atoms with Crippen molar-refractivity contribution >= 4 is 28.5 Å². The molecule has 0 saturated heterocycles. The number of hydrogen-bond donors (Lipinski definition) is 1. The summed E-state index contributed by atoms with van der Waals surface area (Å²) >= 11 is 5.76. The first-order valence-electron chi connectivity index (χ1n) is 4.43. The summed E-state index contributed by atoms with van der Waals surface area (Å²) < 4.78 is 4.99. The van der Waals surface area contributed by atoms with Crippen molar-refractivity contribution in [1.29, 1.82) is 5.26 Å². The second-order valence-electron chi connectivity index (χ2n) is 3.22. The number of benzene rings is 1. The van der Waals surface area contributed by atoms with E-state index in [4.69, 9.17) is 26.4 Å². The van der Waals surface area contributed by atoms with Gasteiger partial charge in [0.2, 0.25) is 5.76 Å². The number of halogens is 1. The van der Waals surface area contributed by atoms with Crippen LogP contribution < -0.4 is 5.43 Å². The van der Waals surface area contributed by atoms with E-state index >= 15 is 0 Å². The van der Waals surface area contributed by atoms with Crippen LogP contribution in [0.5, 0.6) is 0 Å². The second-order valence-corrected chi connectivity index (χ2v) is 3.63. The van der Waals surface area contributed by atoms with Crippen LogP contribution in [0.3, 0.4) is 0 Å². The summed E-state index contributed by atoms with van der Waals surface area (Å²) in [6.07, 6.45) is 0. The van der Waals surface area contributed by atoms with Crippen molar-refractivity contribution < 1.29 is 14.3 Å². The minimum absolute atomic E-state index is 0.0406. The van der Waals surface area contributed by atoms with Gasteiger partial charge in [-0.2, -0.15) is 5.26 Å². The van der Waals surface area contributed by atoms with Gasteiger partial charge in [0.25, 0.3) is 0 Å². The second kappa shape index (κ2) is 3.92. The van der Waals surface area contributed by atoms with Gasteiger partial charge < -0.3 is 9.52 Å². The Labute approximate surface area is 99.5 Å². The molecule has 0 atom stereocenters. The minimum Gasteiger partial charge on any atom is -0.475 e. The van der Waals surface area contributed by atoms with E-state index in [1.54, 1.807) is 0 Å². The van der Waals surface area contributed by atoms with Crippen LogP contribution in [0.15, 0.2) is 27.4 Å². The normalized spacial score (nSPS) is 10.1. The fourth-order valence-corrected chi connectivity index (χ4v) is 1.56. The summed E-state index contributed by atoms with van der Waals surface area (Å²) in [6.45, 7) is 0. The molecule has 0 aliphatic heterocycles. The Morgan fingerprint density at radius 2 is 2.12 bits per heavy atom. The molecule has 0 saturated carbocycles. The number of fused-ring (bicyclic) bond motifs is 1. The molecule has 0 unspecified atom stereocenters. The van der Waals surface area contributed by atoms with Crippen molar-refractivity contribution in [1.82, 2.24) is 0 Å². The van der Waals surface area contributed by atoms with Gasteiger partial charge in [-0.25, -0.2) is 4.79 Å². The zero-order chi connectivity index (χ0) is 12.6. The Balaban J connectivity index is 2.88. The van der Waals surface area contributed by atoms with Gasteiger partial charge in [0, 0.05) is 12.1 Å². The van der Waals surface area contributed by atoms with Gasteiger partial charge in [-0.15, -0.1) is 0 Å². The molecule has 0 amide bonds. The number of rotatable bonds is 1. The fourth-order valence-electron chi connectivity index (χ4n) is 1.37. The lowest BCUT2D eigenvalue weighted by Crippen LogP contribution is -2.06. The molecule has 2 aromatic rings. The lowest BCUT2D eigenvalue weighted by molar-refractivity contribution is 0.0663. The molecule has 84 valence electrons. The average molecular weight is 250 g/mol. The van der Waals surface area contributed by atoms with Crippen LogP contribution in [0.4, 0.5) is 0 Å². The highest BCUT2D eigenvalue weighted by atomic mass is 35.5. The van der Waals surface area contributed by atoms with Crippen LogP contribution in [0.2, 0.25) is 5.02 Å². The van der Waals surface area contributed by atoms with Crippen molar-refractivity contribution in [3.63, 3.8) is 0 Å². The molecule has 0 radical (unpaired) electrons. The van der Waals surface area contributed by atoms with E-state index in [0.717, 1.165) is 6.07 Å². The molecule has 1 aromatic heterocycles. The fraction of sp³-hybridized carbons (Fsp3) is 0. The van der Waals surface area contributed by atoms with Crippen LogP contribution >= 0.6 is 11.6 Å². The summed E-state index contributed by atoms with van der Waals surface area (Å²) in [5.41, 5.74) is -0.356. The summed E-state index contributed by atoms with van der Waals surface area (Å²) in [7, 11) is 0. The third kappa shape index (κ3) is 1.86. The first-order chi connectivity index (χ1) is 8.02. The quantitative estimate of drug-likeness (QED) is 0.835. The van der Waals surface area contributed by atoms with E-state index in [0.29, 0.717) is 0 Å². The smallest absolute Gasteiger partial charge is 0.371 e. The summed E-state index contributed by atoms with van der Waals surface area (Å²) in [5, 5.41) is 17.7. The van der Waals surface area contributed by atoms with Crippen molar-refractivity contribution in [2.75, 3.05) is 0 Å². The SMILES string of the molecule is N#Cc1cc2c(=O)cc(C(=O)O)oc2cc1Cl. The van der Waals surface area contributed by atoms with E-state index in [-0.39, 0.29) is 21.6 Å². The molecule has 0 aliphatic carbocycles.